The van der Waals surface area contributed by atoms with E-state index in [0.717, 1.165) is 10.8 Å². The molecule has 1 aliphatic rings. The molecule has 3 rings (SSSR count). The molecule has 0 radical (unpaired) electrons. The predicted octanol–water partition coefficient (Wildman–Crippen LogP) is 2.32. The van der Waals surface area contributed by atoms with Crippen LogP contribution in [0.3, 0.4) is 0 Å². The molecule has 9 nitrogen and oxygen atoms in total. The molecule has 1 heterocycles. The number of likely N-dealkylation sites (tertiary alicyclic amines) is 1. The van der Waals surface area contributed by atoms with E-state index in [9.17, 15) is 23.1 Å². The predicted molar refractivity (Wildman–Crippen MR) is 132 cm³/mol. The van der Waals surface area contributed by atoms with Crippen molar-refractivity contribution in [2.45, 2.75) is 17.4 Å². The molecule has 1 unspecified atom stereocenters. The van der Waals surface area contributed by atoms with E-state index >= 15 is 0 Å². The maximum absolute atomic E-state index is 13.1. The summed E-state index contributed by atoms with van der Waals surface area (Å²) in [5.41, 5.74) is 0.865. The number of ether oxygens (including phenoxy) is 1. The number of hydrogen-bond acceptors (Lipinski definition) is 7. The van der Waals surface area contributed by atoms with E-state index in [1.54, 1.807) is 31.4 Å². The van der Waals surface area contributed by atoms with Crippen LogP contribution in [0.5, 0.6) is 5.75 Å². The molecule has 10 heteroatoms. The average molecular weight is 502 g/mol. The van der Waals surface area contributed by atoms with E-state index < -0.39 is 27.8 Å². The molecular formula is C25H31N3O6S. The Bertz CT molecular complexity index is 1220. The highest BCUT2D eigenvalue weighted by molar-refractivity contribution is 7.89. The van der Waals surface area contributed by atoms with Gasteiger partial charge in [0.05, 0.1) is 23.6 Å². The van der Waals surface area contributed by atoms with E-state index in [1.807, 2.05) is 19.0 Å². The van der Waals surface area contributed by atoms with Gasteiger partial charge in [-0.05, 0) is 69.0 Å². The van der Waals surface area contributed by atoms with Crippen LogP contribution in [0.1, 0.15) is 23.6 Å². The van der Waals surface area contributed by atoms with Gasteiger partial charge in [-0.2, -0.15) is 0 Å². The molecular weight excluding hydrogens is 470 g/mol. The lowest BCUT2D eigenvalue weighted by Crippen LogP contribution is -2.32. The molecule has 1 aliphatic heterocycles. The Balaban J connectivity index is 2.08. The molecule has 0 bridgehead atoms. The summed E-state index contributed by atoms with van der Waals surface area (Å²) in [6.45, 7) is 1.05. The van der Waals surface area contributed by atoms with E-state index in [0.29, 0.717) is 24.3 Å². The van der Waals surface area contributed by atoms with Crippen molar-refractivity contribution in [3.05, 3.63) is 65.2 Å². The molecule has 1 fully saturated rings. The second kappa shape index (κ2) is 10.6. The molecule has 1 amide bonds. The molecule has 188 valence electrons. The molecule has 0 spiro atoms. The van der Waals surface area contributed by atoms with Crippen LogP contribution in [0.2, 0.25) is 0 Å². The van der Waals surface area contributed by atoms with Gasteiger partial charge in [0.1, 0.15) is 11.5 Å². The minimum atomic E-state index is -3.65. The van der Waals surface area contributed by atoms with Gasteiger partial charge in [-0.1, -0.05) is 12.1 Å². The minimum Gasteiger partial charge on any atom is -0.507 e. The molecule has 1 saturated heterocycles. The number of sulfonamides is 1. The van der Waals surface area contributed by atoms with E-state index in [1.165, 1.54) is 43.3 Å². The van der Waals surface area contributed by atoms with Crippen molar-refractivity contribution in [1.82, 2.24) is 14.1 Å². The van der Waals surface area contributed by atoms with Crippen LogP contribution >= 0.6 is 0 Å². The largest absolute Gasteiger partial charge is 0.507 e. The fraction of sp³-hybridized carbons (Fsp3) is 0.360. The van der Waals surface area contributed by atoms with Crippen molar-refractivity contribution in [1.29, 1.82) is 0 Å². The van der Waals surface area contributed by atoms with Gasteiger partial charge < -0.3 is 19.6 Å². The number of aliphatic hydroxyl groups excluding tert-OH is 1. The van der Waals surface area contributed by atoms with Crippen LogP contribution in [0, 0.1) is 0 Å². The van der Waals surface area contributed by atoms with Crippen LogP contribution in [0.25, 0.3) is 5.76 Å². The third kappa shape index (κ3) is 5.39. The Morgan fingerprint density at radius 3 is 2.11 bits per heavy atom. The molecule has 1 atom stereocenters. The number of ketones is 1. The normalized spacial score (nSPS) is 18.0. The van der Waals surface area contributed by atoms with Crippen molar-refractivity contribution in [2.24, 2.45) is 0 Å². The first kappa shape index (κ1) is 26.4. The third-order valence-electron chi connectivity index (χ3n) is 5.88. The number of carbonyl (C=O) groups is 2. The number of Topliss-reactive ketones (excluding diaryl/α,β-unsaturated/α-hetero) is 1. The number of rotatable bonds is 9. The Labute approximate surface area is 206 Å². The maximum atomic E-state index is 13.1. The van der Waals surface area contributed by atoms with Gasteiger partial charge in [0.15, 0.2) is 0 Å². The number of hydrogen-bond donors (Lipinski definition) is 1. The fourth-order valence-electron chi connectivity index (χ4n) is 3.95. The molecule has 0 aromatic heterocycles. The van der Waals surface area contributed by atoms with Gasteiger partial charge in [0.2, 0.25) is 10.0 Å². The number of carbonyl (C=O) groups excluding carboxylic acids is 2. The zero-order valence-electron chi connectivity index (χ0n) is 20.6. The number of aliphatic hydroxyl groups is 1. The lowest BCUT2D eigenvalue weighted by atomic mass is 9.95. The molecule has 1 N–H and O–H groups in total. The minimum absolute atomic E-state index is 0.0340. The zero-order chi connectivity index (χ0) is 25.9. The average Bonchev–Trinajstić information content (AvgIpc) is 3.08. The maximum Gasteiger partial charge on any atom is 0.295 e. The zero-order valence-corrected chi connectivity index (χ0v) is 21.4. The van der Waals surface area contributed by atoms with Gasteiger partial charge >= 0.3 is 0 Å². The number of nitrogens with zero attached hydrogens (tertiary/aromatic N) is 3. The van der Waals surface area contributed by atoms with Crippen molar-refractivity contribution in [3.8, 4) is 5.75 Å². The van der Waals surface area contributed by atoms with Crippen LogP contribution in [0.4, 0.5) is 0 Å². The highest BCUT2D eigenvalue weighted by Gasteiger charge is 2.45. The summed E-state index contributed by atoms with van der Waals surface area (Å²) in [5.74, 6) is -1.19. The van der Waals surface area contributed by atoms with Crippen LogP contribution < -0.4 is 4.74 Å². The van der Waals surface area contributed by atoms with Gasteiger partial charge in [-0.3, -0.25) is 9.59 Å². The van der Waals surface area contributed by atoms with Crippen molar-refractivity contribution in [2.75, 3.05) is 48.4 Å². The third-order valence-corrected chi connectivity index (χ3v) is 7.71. The second-order valence-electron chi connectivity index (χ2n) is 8.73. The fourth-order valence-corrected chi connectivity index (χ4v) is 4.85. The van der Waals surface area contributed by atoms with Crippen molar-refractivity contribution in [3.63, 3.8) is 0 Å². The molecule has 0 aliphatic carbocycles. The van der Waals surface area contributed by atoms with Crippen molar-refractivity contribution >= 4 is 27.5 Å². The first-order valence-electron chi connectivity index (χ1n) is 11.1. The standard InChI is InChI=1S/C25H31N3O6S/c1-26(2)15-6-16-28-22(17-7-11-19(34-5)12-8-17)21(24(30)25(28)31)23(29)18-9-13-20(14-10-18)35(32,33)27(3)4/h7-14,22,29H,6,15-16H2,1-5H3/b23-21-. The van der Waals surface area contributed by atoms with Gasteiger partial charge in [0, 0.05) is 26.2 Å². The van der Waals surface area contributed by atoms with E-state index in [2.05, 4.69) is 0 Å². The van der Waals surface area contributed by atoms with Gasteiger partial charge in [0.25, 0.3) is 11.7 Å². The first-order chi connectivity index (χ1) is 16.5. The Kier molecular flexibility index (Phi) is 7.99. The number of methoxy groups -OCH3 is 1. The molecule has 35 heavy (non-hydrogen) atoms. The Hall–Kier alpha value is -3.21. The molecule has 2 aromatic carbocycles. The summed E-state index contributed by atoms with van der Waals surface area (Å²) in [6, 6.07) is 11.8. The SMILES string of the molecule is COc1ccc(C2/C(=C(/O)c3ccc(S(=O)(=O)N(C)C)cc3)C(=O)C(=O)N2CCCN(C)C)cc1. The highest BCUT2D eigenvalue weighted by Crippen LogP contribution is 2.40. The summed E-state index contributed by atoms with van der Waals surface area (Å²) in [7, 11) is 4.59. The lowest BCUT2D eigenvalue weighted by Gasteiger charge is -2.26. The van der Waals surface area contributed by atoms with Gasteiger partial charge in [-0.25, -0.2) is 12.7 Å². The first-order valence-corrected chi connectivity index (χ1v) is 12.5. The Morgan fingerprint density at radius 2 is 1.60 bits per heavy atom. The van der Waals surface area contributed by atoms with Crippen molar-refractivity contribution < 1.29 is 27.9 Å². The van der Waals surface area contributed by atoms with E-state index in [-0.39, 0.29) is 21.8 Å². The number of benzene rings is 2. The summed E-state index contributed by atoms with van der Waals surface area (Å²) < 4.78 is 31.1. The van der Waals surface area contributed by atoms with Gasteiger partial charge in [-0.15, -0.1) is 0 Å². The summed E-state index contributed by atoms with van der Waals surface area (Å²) in [5, 5.41) is 11.2. The highest BCUT2D eigenvalue weighted by atomic mass is 32.2. The molecule has 2 aromatic rings. The van der Waals surface area contributed by atoms with Crippen LogP contribution in [-0.2, 0) is 19.6 Å². The second-order valence-corrected chi connectivity index (χ2v) is 10.9. The smallest absolute Gasteiger partial charge is 0.295 e. The quantitative estimate of drug-likeness (QED) is 0.319. The summed E-state index contributed by atoms with van der Waals surface area (Å²) in [6.07, 6.45) is 0.643. The van der Waals surface area contributed by atoms with Crippen LogP contribution in [-0.4, -0.2) is 87.7 Å². The summed E-state index contributed by atoms with van der Waals surface area (Å²) in [4.78, 5) is 29.6. The lowest BCUT2D eigenvalue weighted by molar-refractivity contribution is -0.139. The number of amides is 1. The van der Waals surface area contributed by atoms with Crippen LogP contribution in [0.15, 0.2) is 59.0 Å². The monoisotopic (exact) mass is 501 g/mol. The molecule has 0 saturated carbocycles. The topological polar surface area (TPSA) is 107 Å². The van der Waals surface area contributed by atoms with E-state index in [4.69, 9.17) is 4.74 Å². The summed E-state index contributed by atoms with van der Waals surface area (Å²) >= 11 is 0. The Morgan fingerprint density at radius 1 is 1.00 bits per heavy atom.